The monoisotopic (exact) mass is 302 g/mol. The van der Waals surface area contributed by atoms with Gasteiger partial charge in [0.05, 0.1) is 16.1 Å². The number of nitro groups is 1. The van der Waals surface area contributed by atoms with Gasteiger partial charge in [0.2, 0.25) is 5.91 Å². The minimum absolute atomic E-state index is 0.168. The minimum Gasteiger partial charge on any atom is -0.366 e. The first-order chi connectivity index (χ1) is 8.85. The molecule has 20 heavy (non-hydrogen) atoms. The van der Waals surface area contributed by atoms with Crippen LogP contribution in [-0.2, 0) is 12.4 Å². The largest absolute Gasteiger partial charge is 0.423 e. The lowest BCUT2D eigenvalue weighted by Gasteiger charge is -2.14. The molecule has 0 aliphatic rings. The van der Waals surface area contributed by atoms with Gasteiger partial charge in [0.15, 0.2) is 0 Å². The van der Waals surface area contributed by atoms with E-state index in [1.165, 1.54) is 0 Å². The van der Waals surface area contributed by atoms with Gasteiger partial charge >= 0.3 is 12.4 Å². The second kappa shape index (κ2) is 4.65. The number of rotatable bonds is 2. The Morgan fingerprint density at radius 1 is 1.10 bits per heavy atom. The molecular formula is C9H4F6N2O3. The van der Waals surface area contributed by atoms with Crippen molar-refractivity contribution in [2.24, 2.45) is 5.73 Å². The lowest BCUT2D eigenvalue weighted by atomic mass is 10.00. The number of nitrogens with zero attached hydrogens (tertiary/aromatic N) is 1. The molecule has 0 heterocycles. The van der Waals surface area contributed by atoms with Gasteiger partial charge in [0.1, 0.15) is 5.56 Å². The molecule has 1 rings (SSSR count). The maximum Gasteiger partial charge on any atom is 0.423 e. The molecule has 5 nitrogen and oxygen atoms in total. The first kappa shape index (κ1) is 15.7. The highest BCUT2D eigenvalue weighted by molar-refractivity contribution is 5.96. The molecular weight excluding hydrogens is 298 g/mol. The summed E-state index contributed by atoms with van der Waals surface area (Å²) >= 11 is 0. The SMILES string of the molecule is NC(=O)c1cc(C(F)(F)F)cc([N+](=O)[O-])c1C(F)(F)F. The molecule has 0 radical (unpaired) electrons. The van der Waals surface area contributed by atoms with Crippen LogP contribution in [-0.4, -0.2) is 10.8 Å². The number of nitrogens with two attached hydrogens (primary N) is 1. The van der Waals surface area contributed by atoms with Gasteiger partial charge in [-0.2, -0.15) is 26.3 Å². The molecule has 11 heteroatoms. The second-order valence-electron chi connectivity index (χ2n) is 3.53. The maximum absolute atomic E-state index is 12.7. The van der Waals surface area contributed by atoms with Crippen molar-refractivity contribution < 1.29 is 36.1 Å². The van der Waals surface area contributed by atoms with Gasteiger partial charge in [0.25, 0.3) is 5.69 Å². The van der Waals surface area contributed by atoms with Crippen LogP contribution in [0.25, 0.3) is 0 Å². The molecule has 0 saturated carbocycles. The highest BCUT2D eigenvalue weighted by atomic mass is 19.4. The maximum atomic E-state index is 12.7. The molecule has 1 amide bonds. The van der Waals surface area contributed by atoms with Gasteiger partial charge in [0, 0.05) is 6.07 Å². The summed E-state index contributed by atoms with van der Waals surface area (Å²) in [5, 5.41) is 10.5. The van der Waals surface area contributed by atoms with Crippen molar-refractivity contribution >= 4 is 11.6 Å². The van der Waals surface area contributed by atoms with E-state index in [0.29, 0.717) is 0 Å². The Morgan fingerprint density at radius 2 is 1.60 bits per heavy atom. The molecule has 1 aromatic rings. The third kappa shape index (κ3) is 2.97. The molecule has 0 atom stereocenters. The average molecular weight is 302 g/mol. The van der Waals surface area contributed by atoms with Crippen LogP contribution in [0.5, 0.6) is 0 Å². The molecule has 0 aromatic heterocycles. The van der Waals surface area contributed by atoms with Crippen LogP contribution in [0.2, 0.25) is 0 Å². The molecule has 110 valence electrons. The lowest BCUT2D eigenvalue weighted by molar-refractivity contribution is -0.388. The predicted molar refractivity (Wildman–Crippen MR) is 51.6 cm³/mol. The Morgan fingerprint density at radius 3 is 1.90 bits per heavy atom. The normalized spacial score (nSPS) is 12.3. The topological polar surface area (TPSA) is 86.2 Å². The lowest BCUT2D eigenvalue weighted by Crippen LogP contribution is -2.22. The zero-order chi connectivity index (χ0) is 15.9. The highest BCUT2D eigenvalue weighted by Crippen LogP contribution is 2.42. The summed E-state index contributed by atoms with van der Waals surface area (Å²) in [5.74, 6) is -1.86. The number of carbonyl (C=O) groups is 1. The van der Waals surface area contributed by atoms with Crippen LogP contribution >= 0.6 is 0 Å². The highest BCUT2D eigenvalue weighted by Gasteiger charge is 2.45. The smallest absolute Gasteiger partial charge is 0.366 e. The van der Waals surface area contributed by atoms with Crippen molar-refractivity contribution in [3.8, 4) is 0 Å². The summed E-state index contributed by atoms with van der Waals surface area (Å²) in [4.78, 5) is 19.7. The summed E-state index contributed by atoms with van der Waals surface area (Å²) < 4.78 is 75.3. The number of carbonyl (C=O) groups excluding carboxylic acids is 1. The molecule has 0 aliphatic heterocycles. The number of nitro benzene ring substituents is 1. The zero-order valence-electron chi connectivity index (χ0n) is 9.17. The number of halogens is 6. The Labute approximate surface area is 106 Å². The van der Waals surface area contributed by atoms with Gasteiger partial charge in [-0.05, 0) is 6.07 Å². The molecule has 0 spiro atoms. The third-order valence-electron chi connectivity index (χ3n) is 2.19. The van der Waals surface area contributed by atoms with E-state index in [9.17, 15) is 41.3 Å². The fourth-order valence-electron chi connectivity index (χ4n) is 1.43. The zero-order valence-corrected chi connectivity index (χ0v) is 9.17. The van der Waals surface area contributed by atoms with Gasteiger partial charge < -0.3 is 5.73 Å². The van der Waals surface area contributed by atoms with Crippen LogP contribution < -0.4 is 5.73 Å². The number of benzene rings is 1. The molecule has 0 aliphatic carbocycles. The van der Waals surface area contributed by atoms with Gasteiger partial charge in [-0.15, -0.1) is 0 Å². The summed E-state index contributed by atoms with van der Waals surface area (Å²) in [5.41, 5.74) is -2.82. The van der Waals surface area contributed by atoms with E-state index in [0.717, 1.165) is 0 Å². The molecule has 0 bridgehead atoms. The summed E-state index contributed by atoms with van der Waals surface area (Å²) in [6.45, 7) is 0. The standard InChI is InChI=1S/C9H4F6N2O3/c10-8(11,12)3-1-4(7(16)18)6(9(13,14)15)5(2-3)17(19)20/h1-2H,(H2,16,18). The van der Waals surface area contributed by atoms with Crippen molar-refractivity contribution in [3.63, 3.8) is 0 Å². The van der Waals surface area contributed by atoms with Crippen molar-refractivity contribution in [3.05, 3.63) is 38.9 Å². The number of amides is 1. The van der Waals surface area contributed by atoms with E-state index >= 15 is 0 Å². The van der Waals surface area contributed by atoms with E-state index in [1.54, 1.807) is 0 Å². The predicted octanol–water partition coefficient (Wildman–Crippen LogP) is 2.73. The Bertz CT molecular complexity index is 543. The molecule has 0 saturated heterocycles. The van der Waals surface area contributed by atoms with Crippen molar-refractivity contribution in [2.75, 3.05) is 0 Å². The first-order valence-electron chi connectivity index (χ1n) is 4.62. The second-order valence-corrected chi connectivity index (χ2v) is 3.53. The first-order valence-corrected chi connectivity index (χ1v) is 4.62. The summed E-state index contributed by atoms with van der Waals surface area (Å²) in [6, 6.07) is -0.465. The van der Waals surface area contributed by atoms with Crippen LogP contribution in [0, 0.1) is 10.1 Å². The van der Waals surface area contributed by atoms with Crippen molar-refractivity contribution in [1.82, 2.24) is 0 Å². The minimum atomic E-state index is -5.41. The van der Waals surface area contributed by atoms with E-state index in [1.807, 2.05) is 0 Å². The summed E-state index contributed by atoms with van der Waals surface area (Å²) in [6.07, 6.45) is -10.6. The molecule has 0 unspecified atom stereocenters. The van der Waals surface area contributed by atoms with Crippen LogP contribution in [0.1, 0.15) is 21.5 Å². The van der Waals surface area contributed by atoms with E-state index in [4.69, 9.17) is 0 Å². The Hall–Kier alpha value is -2.33. The van der Waals surface area contributed by atoms with Crippen LogP contribution in [0.15, 0.2) is 12.1 Å². The van der Waals surface area contributed by atoms with E-state index in [2.05, 4.69) is 5.73 Å². The molecule has 1 aromatic carbocycles. The van der Waals surface area contributed by atoms with Gasteiger partial charge in [-0.1, -0.05) is 0 Å². The number of hydrogen-bond acceptors (Lipinski definition) is 3. The number of alkyl halides is 6. The van der Waals surface area contributed by atoms with E-state index < -0.39 is 45.6 Å². The third-order valence-corrected chi connectivity index (χ3v) is 2.19. The van der Waals surface area contributed by atoms with Crippen LogP contribution in [0.4, 0.5) is 32.0 Å². The Balaban J connectivity index is 3.83. The number of hydrogen-bond donors (Lipinski definition) is 1. The van der Waals surface area contributed by atoms with E-state index in [-0.39, 0.29) is 12.1 Å². The number of primary amides is 1. The Kier molecular flexibility index (Phi) is 3.66. The average Bonchev–Trinajstić information content (AvgIpc) is 2.24. The van der Waals surface area contributed by atoms with Crippen molar-refractivity contribution in [1.29, 1.82) is 0 Å². The quantitative estimate of drug-likeness (QED) is 0.517. The van der Waals surface area contributed by atoms with Gasteiger partial charge in [-0.3, -0.25) is 14.9 Å². The fourth-order valence-corrected chi connectivity index (χ4v) is 1.43. The van der Waals surface area contributed by atoms with Gasteiger partial charge in [-0.25, -0.2) is 0 Å². The van der Waals surface area contributed by atoms with Crippen molar-refractivity contribution in [2.45, 2.75) is 12.4 Å². The molecule has 0 fully saturated rings. The van der Waals surface area contributed by atoms with Crippen LogP contribution in [0.3, 0.4) is 0 Å². The summed E-state index contributed by atoms with van der Waals surface area (Å²) in [7, 11) is 0. The molecule has 2 N–H and O–H groups in total. The fraction of sp³-hybridized carbons (Fsp3) is 0.222.